The van der Waals surface area contributed by atoms with Gasteiger partial charge in [0.1, 0.15) is 22.5 Å². The van der Waals surface area contributed by atoms with E-state index in [0.717, 1.165) is 11.3 Å². The predicted octanol–water partition coefficient (Wildman–Crippen LogP) is 5.28. The summed E-state index contributed by atoms with van der Waals surface area (Å²) >= 11 is 23.6. The number of rotatable bonds is 7. The fourth-order valence-corrected chi connectivity index (χ4v) is 2.69. The topological polar surface area (TPSA) is 46.1 Å². The van der Waals surface area contributed by atoms with Crippen molar-refractivity contribution in [3.63, 3.8) is 0 Å². The summed E-state index contributed by atoms with van der Waals surface area (Å²) in [6.07, 6.45) is 1.53. The highest BCUT2D eigenvalue weighted by Crippen LogP contribution is 2.31. The third-order valence-electron chi connectivity index (χ3n) is 3.11. The molecule has 0 aliphatic heterocycles. The van der Waals surface area contributed by atoms with Crippen molar-refractivity contribution in [3.8, 4) is 5.75 Å². The highest BCUT2D eigenvalue weighted by Gasteiger charge is 2.10. The zero-order valence-corrected chi connectivity index (χ0v) is 15.7. The zero-order chi connectivity index (χ0) is 17.5. The van der Waals surface area contributed by atoms with E-state index in [1.807, 2.05) is 24.3 Å². The minimum Gasteiger partial charge on any atom is -0.489 e. The number of halogens is 4. The monoisotopic (exact) mass is 406 g/mol. The first-order valence-corrected chi connectivity index (χ1v) is 8.57. The summed E-state index contributed by atoms with van der Waals surface area (Å²) in [5.74, 6) is 0.532. The molecule has 0 aromatic heterocycles. The third kappa shape index (κ3) is 6.17. The standard InChI is InChI=1S/C17H15Cl4NO2/c18-15-7-13(24-5-4-17(20)21)8-16(19)14(15)10-23-9-11-2-1-3-12(22)6-11/h1-4,6-8H,5,9-10,22H2/p+1. The molecule has 7 heteroatoms. The average molecular weight is 408 g/mol. The van der Waals surface area contributed by atoms with Crippen LogP contribution in [0, 0.1) is 0 Å². The van der Waals surface area contributed by atoms with Crippen molar-refractivity contribution >= 4 is 52.1 Å². The maximum atomic E-state index is 6.26. The van der Waals surface area contributed by atoms with Crippen LogP contribution in [0.4, 0.5) is 5.69 Å². The Hall–Kier alpha value is -0.940. The number of hydrogen-bond acceptors (Lipinski definition) is 2. The van der Waals surface area contributed by atoms with E-state index in [4.69, 9.17) is 55.9 Å². The van der Waals surface area contributed by atoms with Gasteiger partial charge in [0.25, 0.3) is 0 Å². The average Bonchev–Trinajstić information content (AvgIpc) is 2.50. The largest absolute Gasteiger partial charge is 0.489 e. The Morgan fingerprint density at radius 2 is 1.75 bits per heavy atom. The SMILES string of the molecule is [NH3+]c1cccc(COCc2c(Cl)cc(OCC=C(Cl)Cl)cc2Cl)c1. The fourth-order valence-electron chi connectivity index (χ4n) is 1.99. The summed E-state index contributed by atoms with van der Waals surface area (Å²) in [6.45, 7) is 0.978. The van der Waals surface area contributed by atoms with Gasteiger partial charge in [-0.2, -0.15) is 0 Å². The Kier molecular flexibility index (Phi) is 7.69. The lowest BCUT2D eigenvalue weighted by Gasteiger charge is -2.11. The molecular weight excluding hydrogens is 392 g/mol. The van der Waals surface area contributed by atoms with Gasteiger partial charge in [0.2, 0.25) is 0 Å². The zero-order valence-electron chi connectivity index (χ0n) is 12.7. The summed E-state index contributed by atoms with van der Waals surface area (Å²) in [7, 11) is 0. The van der Waals surface area contributed by atoms with Crippen molar-refractivity contribution < 1.29 is 15.2 Å². The molecule has 2 rings (SSSR count). The Bertz CT molecular complexity index is 707. The van der Waals surface area contributed by atoms with E-state index in [1.165, 1.54) is 6.08 Å². The van der Waals surface area contributed by atoms with Crippen LogP contribution >= 0.6 is 46.4 Å². The second-order valence-corrected chi connectivity index (χ2v) is 6.81. The Labute approximate surface area is 160 Å². The molecule has 0 radical (unpaired) electrons. The molecule has 0 unspecified atom stereocenters. The van der Waals surface area contributed by atoms with Gasteiger partial charge in [-0.25, -0.2) is 0 Å². The first-order valence-electron chi connectivity index (χ1n) is 7.06. The van der Waals surface area contributed by atoms with Gasteiger partial charge < -0.3 is 15.2 Å². The van der Waals surface area contributed by atoms with Gasteiger partial charge in [-0.1, -0.05) is 58.5 Å². The van der Waals surface area contributed by atoms with E-state index in [1.54, 1.807) is 12.1 Å². The molecule has 0 aliphatic rings. The normalized spacial score (nSPS) is 10.5. The number of benzene rings is 2. The smallest absolute Gasteiger partial charge is 0.128 e. The predicted molar refractivity (Wildman–Crippen MR) is 99.2 cm³/mol. The third-order valence-corrected chi connectivity index (χ3v) is 4.09. The molecule has 24 heavy (non-hydrogen) atoms. The summed E-state index contributed by atoms with van der Waals surface area (Å²) in [5.41, 5.74) is 6.58. The quantitative estimate of drug-likeness (QED) is 0.678. The van der Waals surface area contributed by atoms with Crippen LogP contribution < -0.4 is 10.5 Å². The van der Waals surface area contributed by atoms with Crippen LogP contribution in [0.25, 0.3) is 0 Å². The molecule has 128 valence electrons. The first-order chi connectivity index (χ1) is 11.5. The second-order valence-electron chi connectivity index (χ2n) is 4.98. The highest BCUT2D eigenvalue weighted by atomic mass is 35.5. The molecule has 0 atom stereocenters. The van der Waals surface area contributed by atoms with Crippen LogP contribution in [0.5, 0.6) is 5.75 Å². The van der Waals surface area contributed by atoms with Crippen LogP contribution in [0.2, 0.25) is 10.0 Å². The minimum absolute atomic E-state index is 0.142. The second kappa shape index (κ2) is 9.52. The molecule has 0 saturated heterocycles. The van der Waals surface area contributed by atoms with E-state index in [9.17, 15) is 0 Å². The van der Waals surface area contributed by atoms with E-state index >= 15 is 0 Å². The van der Waals surface area contributed by atoms with Crippen molar-refractivity contribution in [3.05, 3.63) is 68.1 Å². The maximum Gasteiger partial charge on any atom is 0.128 e. The number of ether oxygens (including phenoxy) is 2. The van der Waals surface area contributed by atoms with Crippen LogP contribution in [-0.2, 0) is 18.0 Å². The molecule has 0 bridgehead atoms. The van der Waals surface area contributed by atoms with Crippen LogP contribution in [0.15, 0.2) is 47.0 Å². The van der Waals surface area contributed by atoms with Gasteiger partial charge in [0.15, 0.2) is 0 Å². The molecule has 0 fully saturated rings. The van der Waals surface area contributed by atoms with Gasteiger partial charge in [0.05, 0.1) is 23.3 Å². The molecule has 2 aromatic rings. The lowest BCUT2D eigenvalue weighted by molar-refractivity contribution is -0.254. The maximum absolute atomic E-state index is 6.26. The van der Waals surface area contributed by atoms with Crippen molar-refractivity contribution in [2.75, 3.05) is 6.61 Å². The summed E-state index contributed by atoms with van der Waals surface area (Å²) in [4.78, 5) is 0. The Morgan fingerprint density at radius 1 is 1.04 bits per heavy atom. The van der Waals surface area contributed by atoms with Crippen molar-refractivity contribution in [1.82, 2.24) is 0 Å². The molecule has 3 N–H and O–H groups in total. The van der Waals surface area contributed by atoms with Gasteiger partial charge in [0, 0.05) is 11.6 Å². The molecule has 0 heterocycles. The number of hydrogen-bond donors (Lipinski definition) is 1. The summed E-state index contributed by atoms with van der Waals surface area (Å²) in [5, 5.41) is 0.953. The molecule has 0 saturated carbocycles. The minimum atomic E-state index is 0.142. The van der Waals surface area contributed by atoms with Crippen LogP contribution in [0.1, 0.15) is 11.1 Å². The molecule has 0 aliphatic carbocycles. The van der Waals surface area contributed by atoms with E-state index < -0.39 is 0 Å². The van der Waals surface area contributed by atoms with Crippen molar-refractivity contribution in [2.45, 2.75) is 13.2 Å². The lowest BCUT2D eigenvalue weighted by Crippen LogP contribution is -2.40. The number of quaternary nitrogens is 1. The Morgan fingerprint density at radius 3 is 2.38 bits per heavy atom. The van der Waals surface area contributed by atoms with Crippen molar-refractivity contribution in [1.29, 1.82) is 0 Å². The highest BCUT2D eigenvalue weighted by molar-refractivity contribution is 6.55. The molecule has 0 spiro atoms. The fraction of sp³-hybridized carbons (Fsp3) is 0.176. The summed E-state index contributed by atoms with van der Waals surface area (Å²) in [6, 6.07) is 11.2. The van der Waals surface area contributed by atoms with E-state index in [0.29, 0.717) is 34.6 Å². The van der Waals surface area contributed by atoms with Crippen molar-refractivity contribution in [2.24, 2.45) is 0 Å². The van der Waals surface area contributed by atoms with Gasteiger partial charge >= 0.3 is 0 Å². The van der Waals surface area contributed by atoms with Crippen LogP contribution in [0.3, 0.4) is 0 Å². The summed E-state index contributed by atoms with van der Waals surface area (Å²) < 4.78 is 11.3. The van der Waals surface area contributed by atoms with Gasteiger partial charge in [-0.05, 0) is 29.8 Å². The van der Waals surface area contributed by atoms with E-state index in [-0.39, 0.29) is 11.1 Å². The molecular formula is C17H16Cl4NO2+. The lowest BCUT2D eigenvalue weighted by atomic mass is 10.2. The van der Waals surface area contributed by atoms with E-state index in [2.05, 4.69) is 5.73 Å². The first kappa shape index (κ1) is 19.4. The van der Waals surface area contributed by atoms with Gasteiger partial charge in [-0.3, -0.25) is 0 Å². The molecule has 0 amide bonds. The molecule has 2 aromatic carbocycles. The molecule has 3 nitrogen and oxygen atoms in total. The Balaban J connectivity index is 1.96. The van der Waals surface area contributed by atoms with Gasteiger partial charge in [-0.15, -0.1) is 0 Å². The van der Waals surface area contributed by atoms with Crippen LogP contribution in [-0.4, -0.2) is 6.61 Å².